The predicted molar refractivity (Wildman–Crippen MR) is 113 cm³/mol. The van der Waals surface area contributed by atoms with Crippen LogP contribution in [0.2, 0.25) is 0 Å². The number of benzene rings is 2. The molecule has 0 saturated heterocycles. The van der Waals surface area contributed by atoms with Gasteiger partial charge in [0.25, 0.3) is 0 Å². The first-order chi connectivity index (χ1) is 14.4. The van der Waals surface area contributed by atoms with Gasteiger partial charge in [-0.1, -0.05) is 55.8 Å². The summed E-state index contributed by atoms with van der Waals surface area (Å²) in [6.07, 6.45) is 3.82. The van der Waals surface area contributed by atoms with Crippen molar-refractivity contribution in [3.8, 4) is 11.6 Å². The fourth-order valence-corrected chi connectivity index (χ4v) is 3.28. The lowest BCUT2D eigenvalue weighted by molar-refractivity contribution is 0.301. The molecule has 0 spiro atoms. The van der Waals surface area contributed by atoms with Gasteiger partial charge < -0.3 is 4.74 Å². The first kappa shape index (κ1) is 19.8. The quantitative estimate of drug-likeness (QED) is 0.455. The van der Waals surface area contributed by atoms with Crippen LogP contribution in [0, 0.1) is 12.7 Å². The second-order valence-corrected chi connectivity index (χ2v) is 7.77. The van der Waals surface area contributed by atoms with E-state index in [0.29, 0.717) is 11.5 Å². The van der Waals surface area contributed by atoms with E-state index in [4.69, 9.17) is 4.74 Å². The van der Waals surface area contributed by atoms with Crippen molar-refractivity contribution in [1.29, 1.82) is 0 Å². The zero-order valence-corrected chi connectivity index (χ0v) is 17.2. The summed E-state index contributed by atoms with van der Waals surface area (Å²) in [6, 6.07) is 18.5. The van der Waals surface area contributed by atoms with Crippen molar-refractivity contribution in [2.24, 2.45) is 0 Å². The molecular weight excluding hydrogens is 379 g/mol. The normalized spacial score (nSPS) is 11.5. The van der Waals surface area contributed by atoms with E-state index in [1.165, 1.54) is 33.9 Å². The summed E-state index contributed by atoms with van der Waals surface area (Å²) < 4.78 is 20.4. The van der Waals surface area contributed by atoms with E-state index in [0.717, 1.165) is 11.9 Å². The average molecular weight is 402 g/mol. The highest BCUT2D eigenvalue weighted by molar-refractivity contribution is 5.40. The van der Waals surface area contributed by atoms with Crippen molar-refractivity contribution >= 4 is 0 Å². The van der Waals surface area contributed by atoms with E-state index in [1.807, 2.05) is 12.1 Å². The molecule has 0 atom stereocenters. The average Bonchev–Trinajstić information content (AvgIpc) is 3.19. The van der Waals surface area contributed by atoms with Gasteiger partial charge in [0, 0.05) is 11.5 Å². The van der Waals surface area contributed by atoms with Gasteiger partial charge in [0.2, 0.25) is 0 Å². The lowest BCUT2D eigenvalue weighted by Gasteiger charge is -2.26. The van der Waals surface area contributed by atoms with Crippen LogP contribution in [0.15, 0.2) is 73.3 Å². The number of halogens is 1. The summed E-state index contributed by atoms with van der Waals surface area (Å²) in [5.41, 5.74) is 4.31. The lowest BCUT2D eigenvalue weighted by atomic mass is 9.78. The molecule has 6 heteroatoms. The van der Waals surface area contributed by atoms with Crippen LogP contribution in [0.1, 0.15) is 36.2 Å². The highest BCUT2D eigenvalue weighted by Gasteiger charge is 2.22. The third-order valence-corrected chi connectivity index (χ3v) is 5.23. The molecule has 152 valence electrons. The van der Waals surface area contributed by atoms with Crippen LogP contribution in [0.5, 0.6) is 5.75 Å². The second kappa shape index (κ2) is 8.06. The topological polar surface area (TPSA) is 52.8 Å². The van der Waals surface area contributed by atoms with Gasteiger partial charge in [-0.15, -0.1) is 0 Å². The second-order valence-electron chi connectivity index (χ2n) is 7.77. The summed E-state index contributed by atoms with van der Waals surface area (Å²) in [4.78, 5) is 8.34. The smallest absolute Gasteiger partial charge is 0.161 e. The van der Waals surface area contributed by atoms with Crippen molar-refractivity contribution < 1.29 is 9.13 Å². The first-order valence-electron chi connectivity index (χ1n) is 9.74. The molecule has 0 bridgehead atoms. The summed E-state index contributed by atoms with van der Waals surface area (Å²) >= 11 is 0. The Morgan fingerprint density at radius 2 is 1.63 bits per heavy atom. The number of ether oxygens (including phenoxy) is 1. The summed E-state index contributed by atoms with van der Waals surface area (Å²) in [5.74, 6) is 0.825. The summed E-state index contributed by atoms with van der Waals surface area (Å²) in [7, 11) is 0. The molecule has 2 aromatic heterocycles. The summed E-state index contributed by atoms with van der Waals surface area (Å²) in [6.45, 7) is 6.80. The van der Waals surface area contributed by atoms with Crippen molar-refractivity contribution in [1.82, 2.24) is 19.7 Å². The van der Waals surface area contributed by atoms with Gasteiger partial charge in [-0.05, 0) is 30.2 Å². The zero-order chi connectivity index (χ0) is 21.1. The molecule has 0 aliphatic rings. The Bertz CT molecular complexity index is 1130. The Morgan fingerprint density at radius 3 is 2.27 bits per heavy atom. The number of nitrogens with zero attached hydrogens (tertiary/aromatic N) is 4. The Morgan fingerprint density at radius 1 is 0.967 bits per heavy atom. The Labute approximate surface area is 175 Å². The fraction of sp³-hybridized carbons (Fsp3) is 0.208. The Kier molecular flexibility index (Phi) is 5.31. The van der Waals surface area contributed by atoms with Crippen LogP contribution in [0.25, 0.3) is 5.82 Å². The molecule has 2 aromatic carbocycles. The molecule has 4 rings (SSSR count). The SMILES string of the molecule is Cc1ccc(C(C)(C)c2ccc(OCc3cc(-n4cc(F)cn4)ncn3)cc2)cc1. The van der Waals surface area contributed by atoms with E-state index in [1.54, 1.807) is 6.07 Å². The van der Waals surface area contributed by atoms with E-state index in [-0.39, 0.29) is 12.0 Å². The van der Waals surface area contributed by atoms with Gasteiger partial charge in [-0.25, -0.2) is 19.0 Å². The molecule has 0 N–H and O–H groups in total. The maximum atomic E-state index is 13.2. The standard InChI is InChI=1S/C24H23FN4O/c1-17-4-6-18(7-5-17)24(2,3)19-8-10-22(11-9-19)30-15-21-12-23(27-16-26-21)29-14-20(25)13-28-29/h4-14,16H,15H2,1-3H3. The minimum Gasteiger partial charge on any atom is -0.487 e. The Hall–Kier alpha value is -3.54. The number of hydrogen-bond acceptors (Lipinski definition) is 4. The third-order valence-electron chi connectivity index (χ3n) is 5.23. The van der Waals surface area contributed by atoms with Gasteiger partial charge in [-0.3, -0.25) is 0 Å². The van der Waals surface area contributed by atoms with Crippen LogP contribution in [-0.2, 0) is 12.0 Å². The molecule has 0 aliphatic heterocycles. The van der Waals surface area contributed by atoms with Gasteiger partial charge >= 0.3 is 0 Å². The molecule has 0 saturated carbocycles. The van der Waals surface area contributed by atoms with Gasteiger partial charge in [-0.2, -0.15) is 5.10 Å². The van der Waals surface area contributed by atoms with E-state index in [2.05, 4.69) is 72.2 Å². The first-order valence-corrected chi connectivity index (χ1v) is 9.74. The minimum atomic E-state index is -0.417. The van der Waals surface area contributed by atoms with Crippen LogP contribution < -0.4 is 4.74 Å². The maximum absolute atomic E-state index is 13.2. The number of hydrogen-bond donors (Lipinski definition) is 0. The molecule has 0 fully saturated rings. The van der Waals surface area contributed by atoms with E-state index >= 15 is 0 Å². The predicted octanol–water partition coefficient (Wildman–Crippen LogP) is 5.01. The minimum absolute atomic E-state index is 0.104. The van der Waals surface area contributed by atoms with Gasteiger partial charge in [0.1, 0.15) is 18.7 Å². The van der Waals surface area contributed by atoms with Gasteiger partial charge in [0.15, 0.2) is 11.6 Å². The van der Waals surface area contributed by atoms with Crippen LogP contribution in [-0.4, -0.2) is 19.7 Å². The lowest BCUT2D eigenvalue weighted by Crippen LogP contribution is -2.18. The number of rotatable bonds is 6. The molecule has 0 amide bonds. The van der Waals surface area contributed by atoms with Crippen LogP contribution >= 0.6 is 0 Å². The van der Waals surface area contributed by atoms with Gasteiger partial charge in [0.05, 0.1) is 18.1 Å². The molecule has 0 aliphatic carbocycles. The van der Waals surface area contributed by atoms with Crippen molar-refractivity contribution in [3.05, 3.63) is 102 Å². The van der Waals surface area contributed by atoms with E-state index < -0.39 is 5.82 Å². The Balaban J connectivity index is 1.45. The van der Waals surface area contributed by atoms with Crippen molar-refractivity contribution in [3.63, 3.8) is 0 Å². The molecule has 5 nitrogen and oxygen atoms in total. The van der Waals surface area contributed by atoms with Crippen molar-refractivity contribution in [2.45, 2.75) is 32.8 Å². The third kappa shape index (κ3) is 4.22. The zero-order valence-electron chi connectivity index (χ0n) is 17.2. The maximum Gasteiger partial charge on any atom is 0.161 e. The monoisotopic (exact) mass is 402 g/mol. The van der Waals surface area contributed by atoms with Crippen molar-refractivity contribution in [2.75, 3.05) is 0 Å². The molecule has 0 unspecified atom stereocenters. The largest absolute Gasteiger partial charge is 0.487 e. The molecular formula is C24H23FN4O. The molecule has 30 heavy (non-hydrogen) atoms. The number of aromatic nitrogens is 4. The number of aryl methyl sites for hydroxylation is 1. The highest BCUT2D eigenvalue weighted by Crippen LogP contribution is 2.32. The summed E-state index contributed by atoms with van der Waals surface area (Å²) in [5, 5.41) is 3.92. The molecule has 2 heterocycles. The van der Waals surface area contributed by atoms with Crippen LogP contribution in [0.4, 0.5) is 4.39 Å². The highest BCUT2D eigenvalue weighted by atomic mass is 19.1. The van der Waals surface area contributed by atoms with Crippen LogP contribution in [0.3, 0.4) is 0 Å². The molecule has 0 radical (unpaired) electrons. The molecule has 4 aromatic rings. The van der Waals surface area contributed by atoms with E-state index in [9.17, 15) is 4.39 Å². The fourth-order valence-electron chi connectivity index (χ4n) is 3.28.